The van der Waals surface area contributed by atoms with Gasteiger partial charge in [0.1, 0.15) is 0 Å². The Kier molecular flexibility index (Phi) is 3.91. The predicted molar refractivity (Wildman–Crippen MR) is 64.3 cm³/mol. The molecule has 0 unspecified atom stereocenters. The number of rotatable bonds is 4. The minimum Gasteiger partial charge on any atom is -0.395 e. The van der Waals surface area contributed by atoms with Crippen molar-refractivity contribution in [2.24, 2.45) is 0 Å². The van der Waals surface area contributed by atoms with E-state index in [0.717, 1.165) is 38.9 Å². The van der Waals surface area contributed by atoms with Crippen LogP contribution in [0.15, 0.2) is 12.3 Å². The number of aryl methyl sites for hydroxylation is 1. The molecular weight excluding hydrogens is 200 g/mol. The maximum Gasteiger partial charge on any atom is 0.0558 e. The third-order valence-corrected chi connectivity index (χ3v) is 3.15. The molecule has 1 N–H and O–H groups in total. The van der Waals surface area contributed by atoms with Gasteiger partial charge in [0.2, 0.25) is 0 Å². The molecule has 1 aliphatic heterocycles. The zero-order valence-electron chi connectivity index (χ0n) is 9.95. The maximum absolute atomic E-state index is 8.95. The second-order valence-electron chi connectivity index (χ2n) is 4.44. The largest absolute Gasteiger partial charge is 0.395 e. The van der Waals surface area contributed by atoms with Crippen LogP contribution in [0.5, 0.6) is 0 Å². The fourth-order valence-electron chi connectivity index (χ4n) is 2.27. The minimum absolute atomic E-state index is 0.252. The number of hydrogen-bond donors (Lipinski definition) is 1. The Morgan fingerprint density at radius 1 is 1.44 bits per heavy atom. The van der Waals surface area contributed by atoms with Gasteiger partial charge in [-0.3, -0.25) is 9.88 Å². The lowest BCUT2D eigenvalue weighted by atomic mass is 10.0. The summed E-state index contributed by atoms with van der Waals surface area (Å²) in [4.78, 5) is 6.79. The van der Waals surface area contributed by atoms with Gasteiger partial charge in [-0.2, -0.15) is 0 Å². The van der Waals surface area contributed by atoms with Gasteiger partial charge in [-0.15, -0.1) is 0 Å². The molecule has 3 nitrogen and oxygen atoms in total. The SMILES string of the molecule is CCCc1cc2c(cn1)CCN(CCO)C2. The first-order valence-corrected chi connectivity index (χ1v) is 6.13. The van der Waals surface area contributed by atoms with E-state index >= 15 is 0 Å². The maximum atomic E-state index is 8.95. The van der Waals surface area contributed by atoms with Crippen LogP contribution in [0, 0.1) is 0 Å². The summed E-state index contributed by atoms with van der Waals surface area (Å²) in [5.74, 6) is 0. The van der Waals surface area contributed by atoms with Crippen molar-refractivity contribution >= 4 is 0 Å². The van der Waals surface area contributed by atoms with Crippen LogP contribution in [0.1, 0.15) is 30.2 Å². The van der Waals surface area contributed by atoms with Crippen molar-refractivity contribution in [1.82, 2.24) is 9.88 Å². The molecule has 1 aliphatic rings. The van der Waals surface area contributed by atoms with Crippen LogP contribution in [0.2, 0.25) is 0 Å². The van der Waals surface area contributed by atoms with Crippen LogP contribution in [0.25, 0.3) is 0 Å². The van der Waals surface area contributed by atoms with Gasteiger partial charge >= 0.3 is 0 Å². The summed E-state index contributed by atoms with van der Waals surface area (Å²) in [6.07, 6.45) is 5.31. The summed E-state index contributed by atoms with van der Waals surface area (Å²) in [5, 5.41) is 8.95. The highest BCUT2D eigenvalue weighted by atomic mass is 16.3. The topological polar surface area (TPSA) is 36.4 Å². The first-order valence-electron chi connectivity index (χ1n) is 6.13. The quantitative estimate of drug-likeness (QED) is 0.833. The summed E-state index contributed by atoms with van der Waals surface area (Å²) >= 11 is 0. The predicted octanol–water partition coefficient (Wildman–Crippen LogP) is 1.38. The molecule has 0 fully saturated rings. The van der Waals surface area contributed by atoms with Crippen molar-refractivity contribution in [2.75, 3.05) is 19.7 Å². The molecule has 3 heteroatoms. The Hall–Kier alpha value is -0.930. The molecule has 16 heavy (non-hydrogen) atoms. The lowest BCUT2D eigenvalue weighted by Crippen LogP contribution is -2.32. The lowest BCUT2D eigenvalue weighted by Gasteiger charge is -2.28. The average Bonchev–Trinajstić information content (AvgIpc) is 2.29. The van der Waals surface area contributed by atoms with E-state index in [2.05, 4.69) is 22.9 Å². The molecule has 2 rings (SSSR count). The van der Waals surface area contributed by atoms with Crippen LogP contribution in [0.4, 0.5) is 0 Å². The first-order chi connectivity index (χ1) is 7.83. The van der Waals surface area contributed by atoms with E-state index < -0.39 is 0 Å². The van der Waals surface area contributed by atoms with Crippen LogP contribution >= 0.6 is 0 Å². The van der Waals surface area contributed by atoms with Gasteiger partial charge in [0, 0.05) is 31.5 Å². The highest BCUT2D eigenvalue weighted by Crippen LogP contribution is 2.19. The second kappa shape index (κ2) is 5.41. The normalized spacial score (nSPS) is 16.1. The van der Waals surface area contributed by atoms with E-state index in [-0.39, 0.29) is 6.61 Å². The molecule has 88 valence electrons. The van der Waals surface area contributed by atoms with E-state index in [0.29, 0.717) is 0 Å². The third-order valence-electron chi connectivity index (χ3n) is 3.15. The summed E-state index contributed by atoms with van der Waals surface area (Å²) in [6.45, 7) is 5.23. The van der Waals surface area contributed by atoms with Gasteiger partial charge in [0.05, 0.1) is 6.61 Å². The summed E-state index contributed by atoms with van der Waals surface area (Å²) in [5.41, 5.74) is 3.99. The van der Waals surface area contributed by atoms with Crippen molar-refractivity contribution in [3.63, 3.8) is 0 Å². The molecule has 0 saturated heterocycles. The van der Waals surface area contributed by atoms with Crippen LogP contribution in [-0.4, -0.2) is 34.7 Å². The zero-order valence-corrected chi connectivity index (χ0v) is 9.95. The first kappa shape index (κ1) is 11.6. The number of aromatic nitrogens is 1. The van der Waals surface area contributed by atoms with Crippen molar-refractivity contribution in [2.45, 2.75) is 32.7 Å². The number of aliphatic hydroxyl groups excluding tert-OH is 1. The number of hydrogen-bond acceptors (Lipinski definition) is 3. The molecule has 1 aromatic rings. The van der Waals surface area contributed by atoms with Crippen molar-refractivity contribution in [1.29, 1.82) is 0 Å². The van der Waals surface area contributed by atoms with Gasteiger partial charge in [0.25, 0.3) is 0 Å². The van der Waals surface area contributed by atoms with Gasteiger partial charge in [-0.25, -0.2) is 0 Å². The number of aliphatic hydroxyl groups is 1. The van der Waals surface area contributed by atoms with Gasteiger partial charge in [0.15, 0.2) is 0 Å². The highest BCUT2D eigenvalue weighted by Gasteiger charge is 2.16. The second-order valence-corrected chi connectivity index (χ2v) is 4.44. The van der Waals surface area contributed by atoms with Gasteiger partial charge < -0.3 is 5.11 Å². The Morgan fingerprint density at radius 2 is 2.31 bits per heavy atom. The van der Waals surface area contributed by atoms with E-state index in [1.165, 1.54) is 16.8 Å². The molecule has 0 bridgehead atoms. The van der Waals surface area contributed by atoms with Gasteiger partial charge in [-0.1, -0.05) is 13.3 Å². The highest BCUT2D eigenvalue weighted by molar-refractivity contribution is 5.29. The fourth-order valence-corrected chi connectivity index (χ4v) is 2.27. The standard InChI is InChI=1S/C13H20N2O/c1-2-3-13-8-12-10-15(6-7-16)5-4-11(12)9-14-13/h8-9,16H,2-7,10H2,1H3. The number of nitrogens with zero attached hydrogens (tertiary/aromatic N) is 2. The van der Waals surface area contributed by atoms with Crippen LogP contribution in [0.3, 0.4) is 0 Å². The Bertz CT molecular complexity index is 352. The molecule has 0 atom stereocenters. The van der Waals surface area contributed by atoms with E-state index in [1.807, 2.05) is 6.20 Å². The van der Waals surface area contributed by atoms with Crippen molar-refractivity contribution < 1.29 is 5.11 Å². The summed E-state index contributed by atoms with van der Waals surface area (Å²) in [6, 6.07) is 2.24. The van der Waals surface area contributed by atoms with Crippen LogP contribution < -0.4 is 0 Å². The smallest absolute Gasteiger partial charge is 0.0558 e. The van der Waals surface area contributed by atoms with Crippen LogP contribution in [-0.2, 0) is 19.4 Å². The summed E-state index contributed by atoms with van der Waals surface area (Å²) in [7, 11) is 0. The number of pyridine rings is 1. The Morgan fingerprint density at radius 3 is 3.06 bits per heavy atom. The van der Waals surface area contributed by atoms with Crippen molar-refractivity contribution in [3.05, 3.63) is 29.1 Å². The molecule has 0 radical (unpaired) electrons. The average molecular weight is 220 g/mol. The molecule has 0 saturated carbocycles. The van der Waals surface area contributed by atoms with E-state index in [9.17, 15) is 0 Å². The molecule has 0 aromatic carbocycles. The monoisotopic (exact) mass is 220 g/mol. The molecule has 0 amide bonds. The van der Waals surface area contributed by atoms with E-state index in [1.54, 1.807) is 0 Å². The molecular formula is C13H20N2O. The lowest BCUT2D eigenvalue weighted by molar-refractivity contribution is 0.184. The number of β-amino-alcohol motifs (C(OH)–C–C–N with tert-alkyl or cyclic N) is 1. The van der Waals surface area contributed by atoms with E-state index in [4.69, 9.17) is 5.11 Å². The zero-order chi connectivity index (χ0) is 11.4. The molecule has 0 spiro atoms. The fraction of sp³-hybridized carbons (Fsp3) is 0.615. The minimum atomic E-state index is 0.252. The number of fused-ring (bicyclic) bond motifs is 1. The molecule has 0 aliphatic carbocycles. The summed E-state index contributed by atoms with van der Waals surface area (Å²) < 4.78 is 0. The molecule has 2 heterocycles. The van der Waals surface area contributed by atoms with Gasteiger partial charge in [-0.05, 0) is 30.0 Å². The third kappa shape index (κ3) is 2.60. The Balaban J connectivity index is 2.12. The van der Waals surface area contributed by atoms with Crippen molar-refractivity contribution in [3.8, 4) is 0 Å². The Labute approximate surface area is 97.1 Å². The molecule has 1 aromatic heterocycles.